The quantitative estimate of drug-likeness (QED) is 0.810. The SMILES string of the molecule is CCN(C(=O)[C@H](C)N(C)Cc1nccs1)C1CCCCC1. The van der Waals surface area contributed by atoms with Crippen LogP contribution in [-0.4, -0.2) is 46.4 Å². The van der Waals surface area contributed by atoms with E-state index in [1.807, 2.05) is 25.5 Å². The maximum atomic E-state index is 12.8. The number of carbonyl (C=O) groups excluding carboxylic acids is 1. The Morgan fingerprint density at radius 2 is 2.14 bits per heavy atom. The van der Waals surface area contributed by atoms with Crippen molar-refractivity contribution in [2.75, 3.05) is 13.6 Å². The van der Waals surface area contributed by atoms with Crippen LogP contribution in [0.25, 0.3) is 0 Å². The van der Waals surface area contributed by atoms with E-state index in [0.29, 0.717) is 6.04 Å². The van der Waals surface area contributed by atoms with Gasteiger partial charge in [-0.1, -0.05) is 19.3 Å². The smallest absolute Gasteiger partial charge is 0.239 e. The Morgan fingerprint density at radius 3 is 2.71 bits per heavy atom. The average molecular weight is 309 g/mol. The van der Waals surface area contributed by atoms with Crippen LogP contribution in [0.15, 0.2) is 11.6 Å². The highest BCUT2D eigenvalue weighted by atomic mass is 32.1. The van der Waals surface area contributed by atoms with Gasteiger partial charge in [0.2, 0.25) is 5.91 Å². The first-order valence-corrected chi connectivity index (χ1v) is 8.90. The Kier molecular flexibility index (Phi) is 6.18. The highest BCUT2D eigenvalue weighted by Gasteiger charge is 2.29. The Labute approximate surface area is 132 Å². The monoisotopic (exact) mass is 309 g/mol. The first-order chi connectivity index (χ1) is 10.1. The van der Waals surface area contributed by atoms with E-state index in [2.05, 4.69) is 21.7 Å². The molecule has 1 aromatic rings. The average Bonchev–Trinajstić information content (AvgIpc) is 3.01. The molecule has 1 saturated carbocycles. The molecule has 0 aromatic carbocycles. The van der Waals surface area contributed by atoms with Crippen molar-refractivity contribution in [1.82, 2.24) is 14.8 Å². The second-order valence-electron chi connectivity index (χ2n) is 5.93. The van der Waals surface area contributed by atoms with E-state index in [1.54, 1.807) is 11.3 Å². The molecule has 0 radical (unpaired) electrons. The third-order valence-corrected chi connectivity index (χ3v) is 5.29. The van der Waals surface area contributed by atoms with Crippen molar-refractivity contribution in [3.8, 4) is 0 Å². The predicted molar refractivity (Wildman–Crippen MR) is 87.3 cm³/mol. The van der Waals surface area contributed by atoms with Crippen LogP contribution >= 0.6 is 11.3 Å². The maximum absolute atomic E-state index is 12.8. The van der Waals surface area contributed by atoms with Gasteiger partial charge in [-0.3, -0.25) is 9.69 Å². The summed E-state index contributed by atoms with van der Waals surface area (Å²) in [4.78, 5) is 21.3. The van der Waals surface area contributed by atoms with Crippen LogP contribution in [0.4, 0.5) is 0 Å². The zero-order valence-electron chi connectivity index (χ0n) is 13.4. The zero-order valence-corrected chi connectivity index (χ0v) is 14.2. The molecule has 1 fully saturated rings. The van der Waals surface area contributed by atoms with E-state index in [9.17, 15) is 4.79 Å². The van der Waals surface area contributed by atoms with Crippen LogP contribution in [0, 0.1) is 0 Å². The molecular weight excluding hydrogens is 282 g/mol. The maximum Gasteiger partial charge on any atom is 0.239 e. The molecule has 4 nitrogen and oxygen atoms in total. The molecule has 0 saturated heterocycles. The Balaban J connectivity index is 1.95. The molecule has 1 atom stereocenters. The standard InChI is InChI=1S/C16H27N3OS/c1-4-19(14-8-6-5-7-9-14)16(20)13(2)18(3)12-15-17-10-11-21-15/h10-11,13-14H,4-9,12H2,1-3H3/t13-/m0/s1. The molecule has 1 aromatic heterocycles. The van der Waals surface area contributed by atoms with Gasteiger partial charge < -0.3 is 4.90 Å². The van der Waals surface area contributed by atoms with Crippen molar-refractivity contribution >= 4 is 17.2 Å². The van der Waals surface area contributed by atoms with Crippen molar-refractivity contribution in [3.05, 3.63) is 16.6 Å². The summed E-state index contributed by atoms with van der Waals surface area (Å²) >= 11 is 1.64. The van der Waals surface area contributed by atoms with E-state index < -0.39 is 0 Å². The minimum Gasteiger partial charge on any atom is -0.339 e. The normalized spacial score (nSPS) is 17.9. The second-order valence-corrected chi connectivity index (χ2v) is 6.91. The molecule has 1 amide bonds. The lowest BCUT2D eigenvalue weighted by molar-refractivity contribution is -0.139. The van der Waals surface area contributed by atoms with Crippen LogP contribution in [0.1, 0.15) is 51.0 Å². The highest BCUT2D eigenvalue weighted by molar-refractivity contribution is 7.09. The molecule has 1 aliphatic carbocycles. The second kappa shape index (κ2) is 7.90. The summed E-state index contributed by atoms with van der Waals surface area (Å²) in [5, 5.41) is 3.05. The van der Waals surface area contributed by atoms with Crippen molar-refractivity contribution in [1.29, 1.82) is 0 Å². The van der Waals surface area contributed by atoms with Gasteiger partial charge in [0.15, 0.2) is 0 Å². The van der Waals surface area contributed by atoms with Crippen LogP contribution < -0.4 is 0 Å². The van der Waals surface area contributed by atoms with Crippen molar-refractivity contribution in [2.24, 2.45) is 0 Å². The topological polar surface area (TPSA) is 36.4 Å². The number of aromatic nitrogens is 1. The van der Waals surface area contributed by atoms with Crippen LogP contribution in [0.2, 0.25) is 0 Å². The number of amides is 1. The third kappa shape index (κ3) is 4.27. The summed E-state index contributed by atoms with van der Waals surface area (Å²) in [7, 11) is 2.01. The van der Waals surface area contributed by atoms with Gasteiger partial charge in [-0.05, 0) is 33.7 Å². The summed E-state index contributed by atoms with van der Waals surface area (Å²) in [5.41, 5.74) is 0. The zero-order chi connectivity index (χ0) is 15.2. The molecule has 0 bridgehead atoms. The number of carbonyl (C=O) groups is 1. The molecule has 0 spiro atoms. The lowest BCUT2D eigenvalue weighted by Gasteiger charge is -2.37. The lowest BCUT2D eigenvalue weighted by atomic mass is 9.93. The van der Waals surface area contributed by atoms with Gasteiger partial charge in [0.05, 0.1) is 12.6 Å². The molecule has 0 unspecified atom stereocenters. The third-order valence-electron chi connectivity index (χ3n) is 4.53. The highest BCUT2D eigenvalue weighted by Crippen LogP contribution is 2.23. The van der Waals surface area contributed by atoms with Gasteiger partial charge in [-0.2, -0.15) is 0 Å². The van der Waals surface area contributed by atoms with E-state index in [4.69, 9.17) is 0 Å². The summed E-state index contributed by atoms with van der Waals surface area (Å²) in [5.74, 6) is 0.267. The van der Waals surface area contributed by atoms with Gasteiger partial charge >= 0.3 is 0 Å². The summed E-state index contributed by atoms with van der Waals surface area (Å²) in [6.45, 7) is 5.67. The van der Waals surface area contributed by atoms with Crippen LogP contribution in [-0.2, 0) is 11.3 Å². The van der Waals surface area contributed by atoms with Crippen LogP contribution in [0.3, 0.4) is 0 Å². The lowest BCUT2D eigenvalue weighted by Crippen LogP contribution is -2.50. The van der Waals surface area contributed by atoms with Crippen molar-refractivity contribution in [2.45, 2.75) is 64.6 Å². The molecule has 118 valence electrons. The molecule has 1 aliphatic rings. The van der Waals surface area contributed by atoms with E-state index in [0.717, 1.165) is 18.1 Å². The molecular formula is C16H27N3OS. The van der Waals surface area contributed by atoms with E-state index >= 15 is 0 Å². The molecule has 1 heterocycles. The number of thiazole rings is 1. The fourth-order valence-corrected chi connectivity index (χ4v) is 3.78. The first kappa shape index (κ1) is 16.4. The first-order valence-electron chi connectivity index (χ1n) is 8.02. The number of likely N-dealkylation sites (N-methyl/N-ethyl adjacent to an activating group) is 2. The fourth-order valence-electron chi connectivity index (χ4n) is 3.10. The Hall–Kier alpha value is -0.940. The minimum atomic E-state index is -0.0872. The number of hydrogen-bond donors (Lipinski definition) is 0. The Bertz CT molecular complexity index is 429. The van der Waals surface area contributed by atoms with Crippen molar-refractivity contribution in [3.63, 3.8) is 0 Å². The van der Waals surface area contributed by atoms with Gasteiger partial charge in [0.25, 0.3) is 0 Å². The van der Waals surface area contributed by atoms with Gasteiger partial charge in [0.1, 0.15) is 5.01 Å². The fraction of sp³-hybridized carbons (Fsp3) is 0.750. The summed E-state index contributed by atoms with van der Waals surface area (Å²) in [6.07, 6.45) is 8.00. The molecule has 0 aliphatic heterocycles. The van der Waals surface area contributed by atoms with Crippen LogP contribution in [0.5, 0.6) is 0 Å². The minimum absolute atomic E-state index is 0.0872. The van der Waals surface area contributed by atoms with Gasteiger partial charge in [-0.15, -0.1) is 11.3 Å². The van der Waals surface area contributed by atoms with E-state index in [-0.39, 0.29) is 11.9 Å². The number of nitrogens with zero attached hydrogens (tertiary/aromatic N) is 3. The van der Waals surface area contributed by atoms with Gasteiger partial charge in [0, 0.05) is 24.2 Å². The van der Waals surface area contributed by atoms with E-state index in [1.165, 1.54) is 32.1 Å². The molecule has 2 rings (SSSR count). The van der Waals surface area contributed by atoms with Gasteiger partial charge in [-0.25, -0.2) is 4.98 Å². The number of hydrogen-bond acceptors (Lipinski definition) is 4. The Morgan fingerprint density at radius 1 is 1.43 bits per heavy atom. The molecule has 21 heavy (non-hydrogen) atoms. The number of rotatable bonds is 6. The predicted octanol–water partition coefficient (Wildman–Crippen LogP) is 3.14. The molecule has 5 heteroatoms. The largest absolute Gasteiger partial charge is 0.339 e. The molecule has 0 N–H and O–H groups in total. The summed E-state index contributed by atoms with van der Waals surface area (Å²) < 4.78 is 0. The summed E-state index contributed by atoms with van der Waals surface area (Å²) in [6, 6.07) is 0.364. The van der Waals surface area contributed by atoms with Crippen molar-refractivity contribution < 1.29 is 4.79 Å².